The molecular formula is C25H34N2O4S. The van der Waals surface area contributed by atoms with Crippen molar-refractivity contribution in [3.05, 3.63) is 59.7 Å². The van der Waals surface area contributed by atoms with E-state index in [1.54, 1.807) is 24.3 Å². The number of nitrogens with one attached hydrogen (secondary N) is 1. The van der Waals surface area contributed by atoms with Gasteiger partial charge in [-0.1, -0.05) is 45.0 Å². The second-order valence-electron chi connectivity index (χ2n) is 9.26. The van der Waals surface area contributed by atoms with Gasteiger partial charge in [-0.15, -0.1) is 0 Å². The summed E-state index contributed by atoms with van der Waals surface area (Å²) in [6, 6.07) is 14.8. The van der Waals surface area contributed by atoms with E-state index in [1.807, 2.05) is 12.1 Å². The molecule has 0 aliphatic carbocycles. The smallest absolute Gasteiger partial charge is 0.243 e. The van der Waals surface area contributed by atoms with Crippen molar-refractivity contribution in [2.45, 2.75) is 63.3 Å². The van der Waals surface area contributed by atoms with Crippen molar-refractivity contribution < 1.29 is 17.9 Å². The molecule has 1 fully saturated rings. The number of sulfonamides is 1. The first-order chi connectivity index (χ1) is 15.2. The lowest BCUT2D eigenvalue weighted by molar-refractivity contribution is -0.121. The van der Waals surface area contributed by atoms with Gasteiger partial charge >= 0.3 is 0 Å². The minimum atomic E-state index is -3.40. The van der Waals surface area contributed by atoms with Crippen LogP contribution in [0, 0.1) is 0 Å². The van der Waals surface area contributed by atoms with Crippen LogP contribution in [0.5, 0.6) is 5.75 Å². The Hall–Kier alpha value is -2.38. The van der Waals surface area contributed by atoms with Crippen LogP contribution in [0.2, 0.25) is 0 Å². The van der Waals surface area contributed by atoms with E-state index in [-0.39, 0.29) is 11.3 Å². The number of benzene rings is 2. The van der Waals surface area contributed by atoms with Crippen molar-refractivity contribution in [1.82, 2.24) is 9.62 Å². The van der Waals surface area contributed by atoms with Crippen molar-refractivity contribution in [3.8, 4) is 5.75 Å². The number of nitrogens with zero attached hydrogens (tertiary/aromatic N) is 1. The quantitative estimate of drug-likeness (QED) is 0.570. The molecule has 0 atom stereocenters. The van der Waals surface area contributed by atoms with Crippen LogP contribution in [-0.2, 0) is 26.8 Å². The summed E-state index contributed by atoms with van der Waals surface area (Å²) in [7, 11) is -3.40. The van der Waals surface area contributed by atoms with Crippen LogP contribution in [-0.4, -0.2) is 38.3 Å². The van der Waals surface area contributed by atoms with Gasteiger partial charge < -0.3 is 10.1 Å². The van der Waals surface area contributed by atoms with Crippen molar-refractivity contribution in [2.24, 2.45) is 0 Å². The Morgan fingerprint density at radius 2 is 1.62 bits per heavy atom. The van der Waals surface area contributed by atoms with Crippen LogP contribution in [0.1, 0.15) is 57.6 Å². The molecule has 1 aliphatic heterocycles. The summed E-state index contributed by atoms with van der Waals surface area (Å²) in [5, 5.41) is 2.88. The first-order valence-electron chi connectivity index (χ1n) is 11.3. The molecule has 0 radical (unpaired) electrons. The Morgan fingerprint density at radius 3 is 2.22 bits per heavy atom. The number of ether oxygens (including phenoxy) is 1. The second kappa shape index (κ2) is 10.5. The summed E-state index contributed by atoms with van der Waals surface area (Å²) in [5.41, 5.74) is 2.24. The van der Waals surface area contributed by atoms with E-state index in [4.69, 9.17) is 4.74 Å². The molecule has 3 rings (SSSR count). The fourth-order valence-electron chi connectivity index (χ4n) is 3.62. The monoisotopic (exact) mass is 458 g/mol. The minimum absolute atomic E-state index is 0.0505. The van der Waals surface area contributed by atoms with E-state index in [1.165, 1.54) is 9.87 Å². The van der Waals surface area contributed by atoms with Gasteiger partial charge in [-0.05, 0) is 60.1 Å². The summed E-state index contributed by atoms with van der Waals surface area (Å²) in [6.45, 7) is 8.55. The topological polar surface area (TPSA) is 75.7 Å². The van der Waals surface area contributed by atoms with Crippen LogP contribution in [0.4, 0.5) is 0 Å². The molecule has 32 heavy (non-hydrogen) atoms. The van der Waals surface area contributed by atoms with Gasteiger partial charge in [-0.2, -0.15) is 4.31 Å². The van der Waals surface area contributed by atoms with Crippen molar-refractivity contribution in [3.63, 3.8) is 0 Å². The molecule has 0 aromatic heterocycles. The van der Waals surface area contributed by atoms with Gasteiger partial charge in [0, 0.05) is 26.1 Å². The zero-order chi connectivity index (χ0) is 23.2. The van der Waals surface area contributed by atoms with Crippen LogP contribution >= 0.6 is 0 Å². The van der Waals surface area contributed by atoms with Crippen molar-refractivity contribution in [1.29, 1.82) is 0 Å². The molecule has 1 aliphatic rings. The number of hydrogen-bond donors (Lipinski definition) is 1. The number of rotatable bonds is 9. The predicted octanol–water partition coefficient (Wildman–Crippen LogP) is 4.24. The van der Waals surface area contributed by atoms with Gasteiger partial charge in [-0.25, -0.2) is 8.42 Å². The normalized spacial score (nSPS) is 15.0. The first kappa shape index (κ1) is 24.3. The molecule has 0 bridgehead atoms. The molecule has 7 heteroatoms. The van der Waals surface area contributed by atoms with Gasteiger partial charge in [0.25, 0.3) is 0 Å². The van der Waals surface area contributed by atoms with Gasteiger partial charge in [-0.3, -0.25) is 4.79 Å². The molecule has 2 aromatic carbocycles. The fraction of sp³-hybridized carbons (Fsp3) is 0.480. The van der Waals surface area contributed by atoms with Gasteiger partial charge in [0.15, 0.2) is 0 Å². The zero-order valence-corrected chi connectivity index (χ0v) is 20.1. The maximum atomic E-state index is 12.6. The molecule has 0 unspecified atom stereocenters. The summed E-state index contributed by atoms with van der Waals surface area (Å²) < 4.78 is 32.4. The maximum absolute atomic E-state index is 12.6. The third kappa shape index (κ3) is 6.56. The van der Waals surface area contributed by atoms with Crippen LogP contribution in [0.25, 0.3) is 0 Å². The Morgan fingerprint density at radius 1 is 1.00 bits per heavy atom. The van der Waals surface area contributed by atoms with Crippen LogP contribution < -0.4 is 10.1 Å². The maximum Gasteiger partial charge on any atom is 0.243 e. The average molecular weight is 459 g/mol. The lowest BCUT2D eigenvalue weighted by atomic mass is 9.87. The van der Waals surface area contributed by atoms with E-state index in [0.717, 1.165) is 24.2 Å². The number of hydrogen-bond acceptors (Lipinski definition) is 4. The highest BCUT2D eigenvalue weighted by Crippen LogP contribution is 2.24. The number of amides is 1. The molecular weight excluding hydrogens is 424 g/mol. The number of carbonyl (C=O) groups excluding carboxylic acids is 1. The van der Waals surface area contributed by atoms with Gasteiger partial charge in [0.05, 0.1) is 11.5 Å². The summed E-state index contributed by atoms with van der Waals surface area (Å²) >= 11 is 0. The molecule has 1 saturated heterocycles. The van der Waals surface area contributed by atoms with E-state index >= 15 is 0 Å². The van der Waals surface area contributed by atoms with Crippen molar-refractivity contribution >= 4 is 15.9 Å². The van der Waals surface area contributed by atoms with E-state index < -0.39 is 10.0 Å². The predicted molar refractivity (Wildman–Crippen MR) is 126 cm³/mol. The Bertz CT molecular complexity index is 988. The molecule has 1 amide bonds. The molecule has 174 valence electrons. The largest absolute Gasteiger partial charge is 0.494 e. The molecule has 2 aromatic rings. The summed E-state index contributed by atoms with van der Waals surface area (Å²) in [4.78, 5) is 12.4. The lowest BCUT2D eigenvalue weighted by Crippen LogP contribution is -2.28. The minimum Gasteiger partial charge on any atom is -0.494 e. The highest BCUT2D eigenvalue weighted by Gasteiger charge is 2.26. The van der Waals surface area contributed by atoms with Crippen LogP contribution in [0.15, 0.2) is 53.4 Å². The van der Waals surface area contributed by atoms with E-state index in [9.17, 15) is 13.2 Å². The summed E-state index contributed by atoms with van der Waals surface area (Å²) in [6.07, 6.45) is 2.83. The average Bonchev–Trinajstić information content (AvgIpc) is 3.31. The second-order valence-corrected chi connectivity index (χ2v) is 11.2. The Kier molecular flexibility index (Phi) is 7.96. The molecule has 1 heterocycles. The fourth-order valence-corrected chi connectivity index (χ4v) is 5.14. The third-order valence-corrected chi connectivity index (χ3v) is 7.57. The van der Waals surface area contributed by atoms with E-state index in [2.05, 4.69) is 38.2 Å². The summed E-state index contributed by atoms with van der Waals surface area (Å²) in [5.74, 6) is 0.757. The lowest BCUT2D eigenvalue weighted by Gasteiger charge is -2.19. The SMILES string of the molecule is CC(C)(C)c1ccc(OCCCC(=O)NCc2ccc(S(=O)(=O)N3CCCC3)cc2)cc1. The molecule has 0 spiro atoms. The zero-order valence-electron chi connectivity index (χ0n) is 19.3. The highest BCUT2D eigenvalue weighted by atomic mass is 32.2. The third-order valence-electron chi connectivity index (χ3n) is 5.65. The van der Waals surface area contributed by atoms with Crippen molar-refractivity contribution in [2.75, 3.05) is 19.7 Å². The Labute approximate surface area is 192 Å². The van der Waals surface area contributed by atoms with Gasteiger partial charge in [0.1, 0.15) is 5.75 Å². The van der Waals surface area contributed by atoms with E-state index in [0.29, 0.717) is 44.0 Å². The molecule has 1 N–H and O–H groups in total. The first-order valence-corrected chi connectivity index (χ1v) is 12.7. The standard InChI is InChI=1S/C25H34N2O4S/c1-25(2,3)21-10-12-22(13-11-21)31-18-6-7-24(28)26-19-20-8-14-23(15-9-20)32(29,30)27-16-4-5-17-27/h8-15H,4-7,16-19H2,1-3H3,(H,26,28). The van der Waals surface area contributed by atoms with Gasteiger partial charge in [0.2, 0.25) is 15.9 Å². The Balaban J connectivity index is 1.37. The van der Waals surface area contributed by atoms with Crippen LogP contribution in [0.3, 0.4) is 0 Å². The molecule has 6 nitrogen and oxygen atoms in total. The molecule has 0 saturated carbocycles. The number of carbonyl (C=O) groups is 1. The highest BCUT2D eigenvalue weighted by molar-refractivity contribution is 7.89.